The Labute approximate surface area is 88.0 Å². The minimum atomic E-state index is 1.07. The molecule has 0 radical (unpaired) electrons. The molecule has 0 unspecified atom stereocenters. The fourth-order valence-electron chi connectivity index (χ4n) is 1.11. The van der Waals surface area contributed by atoms with Crippen molar-refractivity contribution in [3.8, 4) is 0 Å². The lowest BCUT2D eigenvalue weighted by molar-refractivity contribution is 0.962. The van der Waals surface area contributed by atoms with Crippen molar-refractivity contribution < 1.29 is 0 Å². The third kappa shape index (κ3) is 2.96. The summed E-state index contributed by atoms with van der Waals surface area (Å²) >= 11 is 3.51. The Morgan fingerprint density at radius 3 is 2.92 bits per heavy atom. The third-order valence-corrected chi connectivity index (χ3v) is 2.57. The van der Waals surface area contributed by atoms with Crippen molar-refractivity contribution in [3.63, 3.8) is 0 Å². The van der Waals surface area contributed by atoms with Crippen LogP contribution in [0.5, 0.6) is 0 Å². The molecule has 70 valence electrons. The van der Waals surface area contributed by atoms with E-state index in [4.69, 9.17) is 0 Å². The Bertz CT molecular complexity index is 285. The van der Waals surface area contributed by atoms with Gasteiger partial charge in [0.25, 0.3) is 0 Å². The van der Waals surface area contributed by atoms with Crippen LogP contribution in [-0.4, -0.2) is 4.98 Å². The van der Waals surface area contributed by atoms with Crippen LogP contribution < -0.4 is 0 Å². The van der Waals surface area contributed by atoms with E-state index in [9.17, 15) is 0 Å². The molecule has 0 N–H and O–H groups in total. The number of aryl methyl sites for hydroxylation is 1. The molecule has 1 rings (SSSR count). The molecule has 0 aromatic carbocycles. The van der Waals surface area contributed by atoms with Crippen LogP contribution in [0.2, 0.25) is 0 Å². The summed E-state index contributed by atoms with van der Waals surface area (Å²) in [5.74, 6) is 0. The van der Waals surface area contributed by atoms with Gasteiger partial charge in [0.15, 0.2) is 0 Å². The quantitative estimate of drug-likeness (QED) is 0.779. The van der Waals surface area contributed by atoms with Gasteiger partial charge in [-0.3, -0.25) is 4.98 Å². The molecule has 1 aromatic heterocycles. The second-order valence-corrected chi connectivity index (χ2v) is 3.84. The van der Waals surface area contributed by atoms with Gasteiger partial charge in [0.2, 0.25) is 0 Å². The predicted molar refractivity (Wildman–Crippen MR) is 60.6 cm³/mol. The van der Waals surface area contributed by atoms with E-state index >= 15 is 0 Å². The molecule has 0 spiro atoms. The van der Waals surface area contributed by atoms with Crippen molar-refractivity contribution in [1.82, 2.24) is 4.98 Å². The fourth-order valence-corrected chi connectivity index (χ4v) is 1.65. The second-order valence-electron chi connectivity index (χ2n) is 2.98. The standard InChI is InChI=1S/C11H14BrN/c1-3-4-5-6-10-9(2)13-8-7-11(10)12/h5-8H,3-4H2,1-2H3/b6-5-. The minimum Gasteiger partial charge on any atom is -0.261 e. The van der Waals surface area contributed by atoms with Gasteiger partial charge in [-0.05, 0) is 19.4 Å². The Morgan fingerprint density at radius 2 is 2.31 bits per heavy atom. The van der Waals surface area contributed by atoms with E-state index in [1.165, 1.54) is 12.0 Å². The van der Waals surface area contributed by atoms with Crippen LogP contribution in [0.1, 0.15) is 31.0 Å². The van der Waals surface area contributed by atoms with Crippen molar-refractivity contribution >= 4 is 22.0 Å². The van der Waals surface area contributed by atoms with E-state index < -0.39 is 0 Å². The van der Waals surface area contributed by atoms with E-state index in [1.54, 1.807) is 0 Å². The monoisotopic (exact) mass is 239 g/mol. The Hall–Kier alpha value is -0.630. The van der Waals surface area contributed by atoms with Gasteiger partial charge in [0, 0.05) is 21.9 Å². The van der Waals surface area contributed by atoms with Crippen molar-refractivity contribution in [1.29, 1.82) is 0 Å². The minimum absolute atomic E-state index is 1.07. The Morgan fingerprint density at radius 1 is 1.54 bits per heavy atom. The van der Waals surface area contributed by atoms with Gasteiger partial charge >= 0.3 is 0 Å². The maximum absolute atomic E-state index is 4.24. The van der Waals surface area contributed by atoms with Gasteiger partial charge in [0.1, 0.15) is 0 Å². The van der Waals surface area contributed by atoms with Gasteiger partial charge in [-0.2, -0.15) is 0 Å². The lowest BCUT2D eigenvalue weighted by Crippen LogP contribution is -1.86. The molecular weight excluding hydrogens is 226 g/mol. The van der Waals surface area contributed by atoms with E-state index in [0.717, 1.165) is 16.6 Å². The average Bonchev–Trinajstić information content (AvgIpc) is 2.10. The molecule has 0 aliphatic heterocycles. The number of pyridine rings is 1. The number of rotatable bonds is 3. The van der Waals surface area contributed by atoms with Crippen LogP contribution in [0.25, 0.3) is 6.08 Å². The number of halogens is 1. The number of hydrogen-bond acceptors (Lipinski definition) is 1. The summed E-state index contributed by atoms with van der Waals surface area (Å²) in [4.78, 5) is 4.24. The van der Waals surface area contributed by atoms with E-state index in [-0.39, 0.29) is 0 Å². The predicted octanol–water partition coefficient (Wildman–Crippen LogP) is 3.97. The van der Waals surface area contributed by atoms with E-state index in [0.29, 0.717) is 0 Å². The molecule has 1 aromatic rings. The largest absolute Gasteiger partial charge is 0.261 e. The van der Waals surface area contributed by atoms with Gasteiger partial charge in [0.05, 0.1) is 0 Å². The third-order valence-electron chi connectivity index (χ3n) is 1.88. The van der Waals surface area contributed by atoms with Crippen LogP contribution in [-0.2, 0) is 0 Å². The summed E-state index contributed by atoms with van der Waals surface area (Å²) in [5, 5.41) is 0. The lowest BCUT2D eigenvalue weighted by atomic mass is 10.2. The Balaban J connectivity index is 2.87. The maximum Gasteiger partial charge on any atom is 0.0456 e. The SMILES string of the molecule is CCC/C=C\c1c(Br)ccnc1C. The molecule has 0 bridgehead atoms. The highest BCUT2D eigenvalue weighted by Crippen LogP contribution is 2.19. The molecule has 0 fully saturated rings. The first-order chi connectivity index (χ1) is 6.25. The number of unbranched alkanes of at least 4 members (excludes halogenated alkanes) is 1. The normalized spacial score (nSPS) is 11.0. The highest BCUT2D eigenvalue weighted by Gasteiger charge is 1.98. The van der Waals surface area contributed by atoms with Crippen LogP contribution in [0.4, 0.5) is 0 Å². The molecule has 2 heteroatoms. The maximum atomic E-state index is 4.24. The first kappa shape index (κ1) is 10.5. The molecule has 1 heterocycles. The van der Waals surface area contributed by atoms with E-state index in [2.05, 4.69) is 40.0 Å². The zero-order valence-corrected chi connectivity index (χ0v) is 9.63. The molecule has 0 aliphatic rings. The fraction of sp³-hybridized carbons (Fsp3) is 0.364. The second kappa shape index (κ2) is 5.18. The molecule has 13 heavy (non-hydrogen) atoms. The summed E-state index contributed by atoms with van der Waals surface area (Å²) in [6, 6.07) is 1.97. The first-order valence-corrected chi connectivity index (χ1v) is 5.32. The molecule has 0 saturated heterocycles. The first-order valence-electron chi connectivity index (χ1n) is 4.53. The zero-order valence-electron chi connectivity index (χ0n) is 8.05. The lowest BCUT2D eigenvalue weighted by Gasteiger charge is -2.01. The number of allylic oxidation sites excluding steroid dienone is 1. The Kier molecular flexibility index (Phi) is 4.16. The molecular formula is C11H14BrN. The molecule has 0 aliphatic carbocycles. The smallest absolute Gasteiger partial charge is 0.0456 e. The van der Waals surface area contributed by atoms with Gasteiger partial charge in [-0.1, -0.05) is 41.4 Å². The van der Waals surface area contributed by atoms with Gasteiger partial charge in [-0.25, -0.2) is 0 Å². The summed E-state index contributed by atoms with van der Waals surface area (Å²) < 4.78 is 1.12. The highest BCUT2D eigenvalue weighted by molar-refractivity contribution is 9.10. The number of aromatic nitrogens is 1. The molecule has 0 atom stereocenters. The van der Waals surface area contributed by atoms with Crippen LogP contribution >= 0.6 is 15.9 Å². The summed E-state index contributed by atoms with van der Waals surface area (Å²) in [6.45, 7) is 4.20. The summed E-state index contributed by atoms with van der Waals surface area (Å²) in [6.07, 6.45) is 8.45. The molecule has 1 nitrogen and oxygen atoms in total. The summed E-state index contributed by atoms with van der Waals surface area (Å²) in [5.41, 5.74) is 2.26. The van der Waals surface area contributed by atoms with E-state index in [1.807, 2.05) is 19.2 Å². The van der Waals surface area contributed by atoms with Crippen LogP contribution in [0.3, 0.4) is 0 Å². The molecule has 0 amide bonds. The van der Waals surface area contributed by atoms with Crippen molar-refractivity contribution in [2.75, 3.05) is 0 Å². The van der Waals surface area contributed by atoms with Crippen LogP contribution in [0.15, 0.2) is 22.8 Å². The van der Waals surface area contributed by atoms with Gasteiger partial charge < -0.3 is 0 Å². The highest BCUT2D eigenvalue weighted by atomic mass is 79.9. The molecule has 0 saturated carbocycles. The van der Waals surface area contributed by atoms with Crippen LogP contribution in [0, 0.1) is 6.92 Å². The van der Waals surface area contributed by atoms with Gasteiger partial charge in [-0.15, -0.1) is 0 Å². The van der Waals surface area contributed by atoms with Crippen molar-refractivity contribution in [2.24, 2.45) is 0 Å². The average molecular weight is 240 g/mol. The zero-order chi connectivity index (χ0) is 9.68. The topological polar surface area (TPSA) is 12.9 Å². The van der Waals surface area contributed by atoms with Crippen molar-refractivity contribution in [2.45, 2.75) is 26.7 Å². The number of hydrogen-bond donors (Lipinski definition) is 0. The van der Waals surface area contributed by atoms with Crippen molar-refractivity contribution in [3.05, 3.63) is 34.1 Å². The number of nitrogens with zero attached hydrogens (tertiary/aromatic N) is 1. The summed E-state index contributed by atoms with van der Waals surface area (Å²) in [7, 11) is 0.